The van der Waals surface area contributed by atoms with Crippen LogP contribution in [-0.2, 0) is 6.42 Å². The van der Waals surface area contributed by atoms with Crippen molar-refractivity contribution in [3.05, 3.63) is 83.8 Å². The summed E-state index contributed by atoms with van der Waals surface area (Å²) in [7, 11) is 1.59. The smallest absolute Gasteiger partial charge is 0.255 e. The molecule has 1 aliphatic carbocycles. The number of amides is 1. The zero-order chi connectivity index (χ0) is 23.5. The van der Waals surface area contributed by atoms with E-state index in [9.17, 15) is 9.90 Å². The van der Waals surface area contributed by atoms with E-state index in [1.54, 1.807) is 18.0 Å². The van der Waals surface area contributed by atoms with Gasteiger partial charge in [0, 0.05) is 24.0 Å². The fourth-order valence-electron chi connectivity index (χ4n) is 4.77. The van der Waals surface area contributed by atoms with Crippen molar-refractivity contribution in [1.82, 2.24) is 20.1 Å². The van der Waals surface area contributed by atoms with Crippen LogP contribution in [-0.4, -0.2) is 45.0 Å². The number of hydrogen-bond donors (Lipinski definition) is 2. The Morgan fingerprint density at radius 2 is 1.97 bits per heavy atom. The molecule has 2 aromatic heterocycles. The highest BCUT2D eigenvalue weighted by molar-refractivity contribution is 6.05. The largest absolute Gasteiger partial charge is 0.495 e. The van der Waals surface area contributed by atoms with Crippen LogP contribution in [0.15, 0.2) is 67.1 Å². The predicted molar refractivity (Wildman–Crippen MR) is 130 cm³/mol. The highest BCUT2D eigenvalue weighted by atomic mass is 16.5. The average molecular weight is 457 g/mol. The van der Waals surface area contributed by atoms with Crippen molar-refractivity contribution in [2.24, 2.45) is 0 Å². The van der Waals surface area contributed by atoms with Gasteiger partial charge in [0.2, 0.25) is 0 Å². The van der Waals surface area contributed by atoms with Gasteiger partial charge in [0.15, 0.2) is 5.82 Å². The first-order valence-electron chi connectivity index (χ1n) is 11.7. The zero-order valence-electron chi connectivity index (χ0n) is 19.1. The molecule has 0 saturated heterocycles. The minimum Gasteiger partial charge on any atom is -0.495 e. The molecule has 0 radical (unpaired) electrons. The summed E-state index contributed by atoms with van der Waals surface area (Å²) in [6.45, 7) is 0. The number of carbonyl (C=O) groups is 1. The van der Waals surface area contributed by atoms with Crippen LogP contribution in [0.4, 0.5) is 0 Å². The Balaban J connectivity index is 1.49. The van der Waals surface area contributed by atoms with Crippen molar-refractivity contribution in [2.75, 3.05) is 7.11 Å². The molecule has 2 aromatic carbocycles. The van der Waals surface area contributed by atoms with Crippen LogP contribution in [0.5, 0.6) is 5.75 Å². The van der Waals surface area contributed by atoms with Crippen molar-refractivity contribution in [2.45, 2.75) is 44.2 Å². The number of aromatic nitrogens is 3. The van der Waals surface area contributed by atoms with Crippen LogP contribution in [0.3, 0.4) is 0 Å². The number of benzene rings is 2. The normalized spacial score (nSPS) is 18.1. The fraction of sp³-hybridized carbons (Fsp3) is 0.296. The minimum absolute atomic E-state index is 0.220. The second kappa shape index (κ2) is 9.65. The molecule has 4 aromatic rings. The van der Waals surface area contributed by atoms with E-state index in [4.69, 9.17) is 4.74 Å². The second-order valence-corrected chi connectivity index (χ2v) is 8.75. The Hall–Kier alpha value is -3.71. The lowest BCUT2D eigenvalue weighted by molar-refractivity contribution is 0.0715. The lowest BCUT2D eigenvalue weighted by Crippen LogP contribution is -2.45. The number of ether oxygens (including phenoxy) is 1. The van der Waals surface area contributed by atoms with Crippen molar-refractivity contribution >= 4 is 16.7 Å². The molecule has 0 spiro atoms. The third kappa shape index (κ3) is 4.39. The number of hydrogen-bond acceptors (Lipinski definition) is 5. The number of nitrogens with one attached hydrogen (secondary N) is 1. The van der Waals surface area contributed by atoms with Gasteiger partial charge in [-0.25, -0.2) is 9.67 Å². The van der Waals surface area contributed by atoms with Crippen LogP contribution in [0.25, 0.3) is 16.6 Å². The zero-order valence-corrected chi connectivity index (χ0v) is 19.1. The molecule has 1 amide bonds. The van der Waals surface area contributed by atoms with Crippen LogP contribution in [0, 0.1) is 0 Å². The van der Waals surface area contributed by atoms with Crippen molar-refractivity contribution in [3.63, 3.8) is 0 Å². The highest BCUT2D eigenvalue weighted by Crippen LogP contribution is 2.34. The first-order valence-corrected chi connectivity index (χ1v) is 11.7. The highest BCUT2D eigenvalue weighted by Gasteiger charge is 2.27. The third-order valence-corrected chi connectivity index (χ3v) is 6.52. The van der Waals surface area contributed by atoms with Crippen molar-refractivity contribution < 1.29 is 14.6 Å². The molecule has 7 nitrogen and oxygen atoms in total. The van der Waals surface area contributed by atoms with E-state index in [2.05, 4.69) is 15.4 Å². The van der Waals surface area contributed by atoms with E-state index in [0.29, 0.717) is 24.2 Å². The molecule has 1 fully saturated rings. The first-order chi connectivity index (χ1) is 16.6. The molecule has 174 valence electrons. The lowest BCUT2D eigenvalue weighted by atomic mass is 9.91. The molecule has 2 atom stereocenters. The fourth-order valence-corrected chi connectivity index (χ4v) is 4.77. The maximum absolute atomic E-state index is 13.3. The number of methoxy groups -OCH3 is 1. The molecule has 7 heteroatoms. The molecule has 1 aliphatic rings. The topological polar surface area (TPSA) is 89.3 Å². The van der Waals surface area contributed by atoms with E-state index in [0.717, 1.165) is 47.0 Å². The summed E-state index contributed by atoms with van der Waals surface area (Å²) in [5.74, 6) is 1.08. The number of fused-ring (bicyclic) bond motifs is 1. The Kier molecular flexibility index (Phi) is 6.27. The van der Waals surface area contributed by atoms with Gasteiger partial charge in [-0.15, -0.1) is 0 Å². The molecular formula is C27H28N4O3. The number of rotatable bonds is 6. The van der Waals surface area contributed by atoms with Crippen LogP contribution >= 0.6 is 0 Å². The summed E-state index contributed by atoms with van der Waals surface area (Å²) in [6, 6.07) is 15.5. The summed E-state index contributed by atoms with van der Waals surface area (Å²) in [6.07, 6.45) is 9.01. The van der Waals surface area contributed by atoms with Gasteiger partial charge in [0.1, 0.15) is 5.75 Å². The second-order valence-electron chi connectivity index (χ2n) is 8.75. The van der Waals surface area contributed by atoms with E-state index in [-0.39, 0.29) is 11.9 Å². The summed E-state index contributed by atoms with van der Waals surface area (Å²) in [5.41, 5.74) is 2.52. The maximum atomic E-state index is 13.3. The molecule has 5 rings (SSSR count). The predicted octanol–water partition coefficient (Wildman–Crippen LogP) is 4.05. The summed E-state index contributed by atoms with van der Waals surface area (Å²) < 4.78 is 7.43. The molecule has 0 aliphatic heterocycles. The standard InChI is InChI=1S/C27H28N4O3/c1-34-26-21-8-3-2-7-20(21)19(15-18-11-12-25(28-17-18)31-14-6-13-29-31)16-22(26)27(33)30-23-9-4-5-10-24(23)32/h2-3,6-8,11-14,16-17,23-24,32H,4-5,9-10,15H2,1H3,(H,30,33)/t23-,24-/m0/s1. The lowest BCUT2D eigenvalue weighted by Gasteiger charge is -2.28. The van der Waals surface area contributed by atoms with Gasteiger partial charge in [-0.05, 0) is 54.0 Å². The Morgan fingerprint density at radius 3 is 2.68 bits per heavy atom. The summed E-state index contributed by atoms with van der Waals surface area (Å²) >= 11 is 0. The Bertz CT molecular complexity index is 1290. The third-order valence-electron chi connectivity index (χ3n) is 6.52. The van der Waals surface area contributed by atoms with E-state index >= 15 is 0 Å². The monoisotopic (exact) mass is 456 g/mol. The number of nitrogens with zero attached hydrogens (tertiary/aromatic N) is 3. The first kappa shape index (κ1) is 22.1. The number of carbonyl (C=O) groups excluding carboxylic acids is 1. The van der Waals surface area contributed by atoms with E-state index < -0.39 is 6.10 Å². The summed E-state index contributed by atoms with van der Waals surface area (Å²) in [4.78, 5) is 17.9. The molecule has 34 heavy (non-hydrogen) atoms. The van der Waals surface area contributed by atoms with E-state index in [1.165, 1.54) is 0 Å². The Morgan fingerprint density at radius 1 is 1.15 bits per heavy atom. The van der Waals surface area contributed by atoms with Gasteiger partial charge in [-0.1, -0.05) is 43.2 Å². The molecule has 0 bridgehead atoms. The molecular weight excluding hydrogens is 428 g/mol. The van der Waals surface area contributed by atoms with Gasteiger partial charge < -0.3 is 15.2 Å². The molecule has 2 heterocycles. The quantitative estimate of drug-likeness (QED) is 0.457. The van der Waals surface area contributed by atoms with Gasteiger partial charge in [0.05, 0.1) is 24.8 Å². The van der Waals surface area contributed by atoms with Gasteiger partial charge in [0.25, 0.3) is 5.91 Å². The Labute approximate surface area is 198 Å². The van der Waals surface area contributed by atoms with E-state index in [1.807, 2.05) is 60.9 Å². The number of aliphatic hydroxyl groups excluding tert-OH is 1. The number of aliphatic hydroxyl groups is 1. The molecule has 0 unspecified atom stereocenters. The molecule has 1 saturated carbocycles. The van der Waals surface area contributed by atoms with Gasteiger partial charge >= 0.3 is 0 Å². The van der Waals surface area contributed by atoms with Crippen LogP contribution in [0.1, 0.15) is 47.2 Å². The number of pyridine rings is 1. The van der Waals surface area contributed by atoms with Gasteiger partial charge in [-0.2, -0.15) is 5.10 Å². The maximum Gasteiger partial charge on any atom is 0.255 e. The van der Waals surface area contributed by atoms with Crippen LogP contribution < -0.4 is 10.1 Å². The average Bonchev–Trinajstić information content (AvgIpc) is 3.41. The minimum atomic E-state index is -0.511. The van der Waals surface area contributed by atoms with Crippen molar-refractivity contribution in [3.8, 4) is 11.6 Å². The SMILES string of the molecule is COc1c(C(=O)N[C@H]2CCCC[C@@H]2O)cc(Cc2ccc(-n3cccn3)nc2)c2ccccc12. The van der Waals surface area contributed by atoms with Gasteiger partial charge in [-0.3, -0.25) is 4.79 Å². The summed E-state index contributed by atoms with van der Waals surface area (Å²) in [5, 5.41) is 19.5. The van der Waals surface area contributed by atoms with Crippen molar-refractivity contribution in [1.29, 1.82) is 0 Å². The van der Waals surface area contributed by atoms with Crippen LogP contribution in [0.2, 0.25) is 0 Å². The molecule has 2 N–H and O–H groups in total.